The Morgan fingerprint density at radius 3 is 2.32 bits per heavy atom. The van der Waals surface area contributed by atoms with Crippen LogP contribution < -0.4 is 9.88 Å². The summed E-state index contributed by atoms with van der Waals surface area (Å²) in [6.45, 7) is 0. The van der Waals surface area contributed by atoms with Crippen LogP contribution >= 0.6 is 22.9 Å². The van der Waals surface area contributed by atoms with E-state index in [1.165, 1.54) is 42.7 Å². The van der Waals surface area contributed by atoms with Gasteiger partial charge in [0, 0.05) is 11.1 Å². The minimum atomic E-state index is -3.81. The Kier molecular flexibility index (Phi) is 5.81. The van der Waals surface area contributed by atoms with E-state index in [2.05, 4.69) is 0 Å². The molecule has 0 aliphatic carbocycles. The molecule has 0 atom stereocenters. The predicted octanol–water partition coefficient (Wildman–Crippen LogP) is 5.59. The first-order chi connectivity index (χ1) is 14.8. The maximum absolute atomic E-state index is 14.4. The molecule has 3 aromatic carbocycles. The van der Waals surface area contributed by atoms with Gasteiger partial charge in [0.2, 0.25) is 10.0 Å². The van der Waals surface area contributed by atoms with Gasteiger partial charge in [-0.3, -0.25) is 0 Å². The largest absolute Gasteiger partial charge is 0.494 e. The van der Waals surface area contributed by atoms with E-state index >= 15 is 0 Å². The van der Waals surface area contributed by atoms with Crippen LogP contribution in [0, 0.1) is 5.82 Å². The molecule has 0 unspecified atom stereocenters. The van der Waals surface area contributed by atoms with Crippen LogP contribution in [-0.2, 0) is 10.0 Å². The van der Waals surface area contributed by atoms with Gasteiger partial charge in [-0.1, -0.05) is 41.9 Å². The lowest BCUT2D eigenvalue weighted by atomic mass is 10.1. The molecule has 0 bridgehead atoms. The number of rotatable bonds is 5. The predicted molar refractivity (Wildman–Crippen MR) is 121 cm³/mol. The van der Waals surface area contributed by atoms with Crippen molar-refractivity contribution in [2.75, 3.05) is 7.11 Å². The van der Waals surface area contributed by atoms with E-state index in [-0.39, 0.29) is 10.6 Å². The molecule has 0 saturated carbocycles. The van der Waals surface area contributed by atoms with Gasteiger partial charge in [0.05, 0.1) is 27.6 Å². The van der Waals surface area contributed by atoms with Crippen LogP contribution in [0.3, 0.4) is 0 Å². The third kappa shape index (κ3) is 4.33. The van der Waals surface area contributed by atoms with E-state index in [9.17, 15) is 12.8 Å². The Bertz CT molecular complexity index is 1370. The SMILES string of the molecule is COc1ccc(-c2nc(-c3ccccc3Cl)sc2-c2ccc(S(N)(=O)=O)cc2)cc1F. The average molecular weight is 475 g/mol. The van der Waals surface area contributed by atoms with Crippen molar-refractivity contribution >= 4 is 33.0 Å². The van der Waals surface area contributed by atoms with Crippen molar-refractivity contribution in [2.45, 2.75) is 4.90 Å². The molecule has 158 valence electrons. The lowest BCUT2D eigenvalue weighted by Gasteiger charge is -2.06. The van der Waals surface area contributed by atoms with E-state index < -0.39 is 15.8 Å². The number of methoxy groups -OCH3 is 1. The zero-order valence-electron chi connectivity index (χ0n) is 16.2. The number of nitrogens with zero attached hydrogens (tertiary/aromatic N) is 1. The second-order valence-electron chi connectivity index (χ2n) is 6.60. The third-order valence-electron chi connectivity index (χ3n) is 4.60. The lowest BCUT2D eigenvalue weighted by molar-refractivity contribution is 0.386. The molecule has 1 heterocycles. The quantitative estimate of drug-likeness (QED) is 0.408. The highest BCUT2D eigenvalue weighted by atomic mass is 35.5. The molecular weight excluding hydrogens is 459 g/mol. The second-order valence-corrected chi connectivity index (χ2v) is 9.56. The standard InChI is InChI=1S/C22H16ClFN2O3S2/c1-29-19-11-8-14(12-18(19)24)20-21(13-6-9-15(10-7-13)31(25,27)28)30-22(26-20)16-4-2-3-5-17(16)23/h2-12H,1H3,(H2,25,27,28). The number of halogens is 2. The monoisotopic (exact) mass is 474 g/mol. The van der Waals surface area contributed by atoms with Gasteiger partial charge < -0.3 is 4.74 Å². The maximum Gasteiger partial charge on any atom is 0.238 e. The first-order valence-corrected chi connectivity index (χ1v) is 11.7. The number of aromatic nitrogens is 1. The first kappa shape index (κ1) is 21.5. The molecule has 9 heteroatoms. The van der Waals surface area contributed by atoms with Gasteiger partial charge in [0.1, 0.15) is 5.01 Å². The Morgan fingerprint density at radius 1 is 1.03 bits per heavy atom. The molecule has 0 fully saturated rings. The number of benzene rings is 3. The van der Waals surface area contributed by atoms with E-state index in [1.54, 1.807) is 24.3 Å². The van der Waals surface area contributed by atoms with Gasteiger partial charge >= 0.3 is 0 Å². The fraction of sp³-hybridized carbons (Fsp3) is 0.0455. The van der Waals surface area contributed by atoms with Gasteiger partial charge in [-0.15, -0.1) is 11.3 Å². The van der Waals surface area contributed by atoms with Crippen LogP contribution in [0.15, 0.2) is 71.6 Å². The summed E-state index contributed by atoms with van der Waals surface area (Å²) >= 11 is 7.73. The first-order valence-electron chi connectivity index (χ1n) is 9.01. The molecular formula is C22H16ClFN2O3S2. The van der Waals surface area contributed by atoms with Crippen molar-refractivity contribution in [1.29, 1.82) is 0 Å². The van der Waals surface area contributed by atoms with Crippen LogP contribution in [0.1, 0.15) is 0 Å². The van der Waals surface area contributed by atoms with Crippen molar-refractivity contribution < 1.29 is 17.5 Å². The van der Waals surface area contributed by atoms with E-state index in [4.69, 9.17) is 26.5 Å². The fourth-order valence-corrected chi connectivity index (χ4v) is 5.00. The highest BCUT2D eigenvalue weighted by Gasteiger charge is 2.19. The molecule has 31 heavy (non-hydrogen) atoms. The van der Waals surface area contributed by atoms with Crippen molar-refractivity contribution in [1.82, 2.24) is 4.98 Å². The van der Waals surface area contributed by atoms with E-state index in [1.807, 2.05) is 18.2 Å². The van der Waals surface area contributed by atoms with Gasteiger partial charge in [0.25, 0.3) is 0 Å². The number of primary sulfonamides is 1. The number of hydrogen-bond acceptors (Lipinski definition) is 5. The molecule has 1 aromatic heterocycles. The van der Waals surface area contributed by atoms with Gasteiger partial charge in [-0.2, -0.15) is 0 Å². The minimum Gasteiger partial charge on any atom is -0.494 e. The van der Waals surface area contributed by atoms with E-state index in [0.29, 0.717) is 21.3 Å². The molecule has 0 aliphatic rings. The summed E-state index contributed by atoms with van der Waals surface area (Å²) in [4.78, 5) is 5.48. The average Bonchev–Trinajstić information content (AvgIpc) is 3.18. The minimum absolute atomic E-state index is 0.00383. The van der Waals surface area contributed by atoms with Crippen LogP contribution in [-0.4, -0.2) is 20.5 Å². The summed E-state index contributed by atoms with van der Waals surface area (Å²) < 4.78 is 42.6. The molecule has 5 nitrogen and oxygen atoms in total. The lowest BCUT2D eigenvalue weighted by Crippen LogP contribution is -2.11. The van der Waals surface area contributed by atoms with Crippen molar-refractivity contribution in [2.24, 2.45) is 5.14 Å². The Morgan fingerprint density at radius 2 is 1.71 bits per heavy atom. The summed E-state index contributed by atoms with van der Waals surface area (Å²) in [5.41, 5.74) is 2.56. The van der Waals surface area contributed by atoms with Gasteiger partial charge in [-0.05, 0) is 42.0 Å². The van der Waals surface area contributed by atoms with Crippen LogP contribution in [0.4, 0.5) is 4.39 Å². The van der Waals surface area contributed by atoms with Crippen molar-refractivity contribution in [3.63, 3.8) is 0 Å². The molecule has 0 spiro atoms. The van der Waals surface area contributed by atoms with E-state index in [0.717, 1.165) is 16.0 Å². The Hall–Kier alpha value is -2.78. The van der Waals surface area contributed by atoms with Crippen molar-refractivity contribution in [3.8, 4) is 38.0 Å². The number of hydrogen-bond donors (Lipinski definition) is 1. The molecule has 2 N–H and O–H groups in total. The molecule has 0 saturated heterocycles. The second kappa shape index (κ2) is 8.39. The third-order valence-corrected chi connectivity index (χ3v) is 7.00. The number of thiazole rings is 1. The molecule has 0 radical (unpaired) electrons. The summed E-state index contributed by atoms with van der Waals surface area (Å²) in [5, 5.41) is 6.40. The summed E-state index contributed by atoms with van der Waals surface area (Å²) in [6, 6.07) is 18.1. The number of sulfonamides is 1. The molecule has 4 aromatic rings. The van der Waals surface area contributed by atoms with Crippen LogP contribution in [0.2, 0.25) is 5.02 Å². The molecule has 0 aliphatic heterocycles. The Labute approximate surface area is 188 Å². The van der Waals surface area contributed by atoms with Gasteiger partial charge in [-0.25, -0.2) is 22.9 Å². The molecule has 0 amide bonds. The molecule has 4 rings (SSSR count). The maximum atomic E-state index is 14.4. The summed E-state index contributed by atoms with van der Waals surface area (Å²) in [6.07, 6.45) is 0. The normalized spacial score (nSPS) is 11.5. The van der Waals surface area contributed by atoms with Crippen LogP contribution in [0.25, 0.3) is 32.3 Å². The van der Waals surface area contributed by atoms with Crippen LogP contribution in [0.5, 0.6) is 5.75 Å². The highest BCUT2D eigenvalue weighted by molar-refractivity contribution is 7.89. The summed E-state index contributed by atoms with van der Waals surface area (Å²) in [5.74, 6) is -0.382. The summed E-state index contributed by atoms with van der Waals surface area (Å²) in [7, 11) is -2.42. The smallest absolute Gasteiger partial charge is 0.238 e. The fourth-order valence-electron chi connectivity index (χ4n) is 3.07. The highest BCUT2D eigenvalue weighted by Crippen LogP contribution is 2.42. The topological polar surface area (TPSA) is 82.3 Å². The number of ether oxygens (including phenoxy) is 1. The van der Waals surface area contributed by atoms with Gasteiger partial charge in [0.15, 0.2) is 11.6 Å². The Balaban J connectivity index is 1.91. The number of nitrogens with two attached hydrogens (primary N) is 1. The zero-order valence-corrected chi connectivity index (χ0v) is 18.6. The van der Waals surface area contributed by atoms with Crippen molar-refractivity contribution in [3.05, 3.63) is 77.6 Å². The zero-order chi connectivity index (χ0) is 22.2.